The zero-order valence-corrected chi connectivity index (χ0v) is 14.7. The number of carbonyl (C=O) groups is 4. The van der Waals surface area contributed by atoms with Crippen molar-refractivity contribution in [2.75, 3.05) is 14.1 Å². The molecule has 1 aliphatic heterocycles. The van der Waals surface area contributed by atoms with E-state index in [-0.39, 0.29) is 40.0 Å². The number of imide groups is 1. The molecule has 0 radical (unpaired) electrons. The summed E-state index contributed by atoms with van der Waals surface area (Å²) in [5.41, 5.74) is 4.50. The molecule has 3 N–H and O–H groups in total. The van der Waals surface area contributed by atoms with Crippen molar-refractivity contribution >= 4 is 23.7 Å². The van der Waals surface area contributed by atoms with Gasteiger partial charge in [0.15, 0.2) is 0 Å². The van der Waals surface area contributed by atoms with Crippen LogP contribution in [0.4, 0.5) is 0 Å². The molecule has 1 aliphatic rings. The lowest BCUT2D eigenvalue weighted by Crippen LogP contribution is -2.31. The Labute approximate surface area is 158 Å². The molecule has 0 saturated carbocycles. The second-order valence-corrected chi connectivity index (χ2v) is 3.43. The number of nitrogens with one attached hydrogen (secondary N) is 1. The van der Waals surface area contributed by atoms with Gasteiger partial charge in [-0.15, -0.1) is 30.8 Å². The van der Waals surface area contributed by atoms with Crippen LogP contribution in [0.5, 0.6) is 0 Å². The van der Waals surface area contributed by atoms with Gasteiger partial charge in [0.2, 0.25) is 5.91 Å². The Morgan fingerprint density at radius 2 is 1.35 bits per heavy atom. The largest absolute Gasteiger partial charge is 0.359 e. The van der Waals surface area contributed by atoms with Crippen molar-refractivity contribution in [3.05, 3.63) is 0 Å². The van der Waals surface area contributed by atoms with Crippen LogP contribution in [-0.4, -0.2) is 42.8 Å². The Morgan fingerprint density at radius 1 is 1.00 bits per heavy atom. The number of carbonyl (C=O) groups excluding carboxylic acids is 4. The number of hydroxylamine groups is 2. The smallest absolute Gasteiger partial charge is 0.332 e. The summed E-state index contributed by atoms with van der Waals surface area (Å²) in [5, 5.41) is 3.02. The van der Waals surface area contributed by atoms with Crippen LogP contribution in [0.25, 0.3) is 0 Å². The normalized spacial score (nSPS) is 9.96. The molecule has 0 aromatic rings. The van der Waals surface area contributed by atoms with Gasteiger partial charge in [0.1, 0.15) is 0 Å². The number of amides is 3. The monoisotopic (exact) mass is 373 g/mol. The summed E-state index contributed by atoms with van der Waals surface area (Å²) in [7, 11) is 3.13. The van der Waals surface area contributed by atoms with Gasteiger partial charge < -0.3 is 15.9 Å². The average Bonchev–Trinajstić information content (AvgIpc) is 2.98. The molecule has 0 unspecified atom stereocenters. The molecular weight excluding hydrogens is 338 g/mol. The summed E-state index contributed by atoms with van der Waals surface area (Å²) in [6.45, 7) is 3.41. The van der Waals surface area contributed by atoms with Crippen LogP contribution in [-0.2, 0) is 24.0 Å². The highest BCUT2D eigenvalue weighted by Gasteiger charge is 2.32. The molecule has 152 valence electrons. The first-order chi connectivity index (χ1) is 11.5. The van der Waals surface area contributed by atoms with Gasteiger partial charge in [0.05, 0.1) is 0 Å². The van der Waals surface area contributed by atoms with Gasteiger partial charge in [0.25, 0.3) is 11.8 Å². The van der Waals surface area contributed by atoms with Gasteiger partial charge in [-0.1, -0.05) is 28.7 Å². The van der Waals surface area contributed by atoms with E-state index in [0.29, 0.717) is 11.5 Å². The summed E-state index contributed by atoms with van der Waals surface area (Å²) < 4.78 is 0. The van der Waals surface area contributed by atoms with E-state index in [9.17, 15) is 19.2 Å². The summed E-state index contributed by atoms with van der Waals surface area (Å²) in [4.78, 5) is 47.0. The fourth-order valence-electron chi connectivity index (χ4n) is 1.00. The summed E-state index contributed by atoms with van der Waals surface area (Å²) in [6, 6.07) is 0. The zero-order valence-electron chi connectivity index (χ0n) is 14.7. The molecule has 0 aromatic heterocycles. The topological polar surface area (TPSA) is 119 Å². The van der Waals surface area contributed by atoms with Crippen LogP contribution in [0.2, 0.25) is 0 Å². The second-order valence-electron chi connectivity index (χ2n) is 3.43. The van der Waals surface area contributed by atoms with Crippen LogP contribution >= 0.6 is 0 Å². The Kier molecular flexibility index (Phi) is 44.7. The zero-order chi connectivity index (χ0) is 20.1. The molecule has 1 rings (SSSR count). The molecule has 0 aliphatic carbocycles. The molecule has 26 heavy (non-hydrogen) atoms. The lowest BCUT2D eigenvalue weighted by molar-refractivity contribution is -0.197. The molecule has 1 heterocycles. The highest BCUT2D eigenvalue weighted by molar-refractivity contribution is 6.01. The molecule has 8 nitrogen and oxygen atoms in total. The minimum atomic E-state index is -0.571. The molecule has 0 atom stereocenters. The van der Waals surface area contributed by atoms with E-state index in [1.54, 1.807) is 14.0 Å². The number of rotatable bonds is 3. The summed E-state index contributed by atoms with van der Waals surface area (Å²) in [6.07, 6.45) is 17.0. The van der Waals surface area contributed by atoms with Gasteiger partial charge in [-0.3, -0.25) is 14.4 Å². The van der Waals surface area contributed by atoms with Crippen molar-refractivity contribution in [2.45, 2.75) is 54.4 Å². The van der Waals surface area contributed by atoms with E-state index >= 15 is 0 Å². The van der Waals surface area contributed by atoms with Crippen molar-refractivity contribution < 1.29 is 24.0 Å². The second kappa shape index (κ2) is 30.1. The van der Waals surface area contributed by atoms with Gasteiger partial charge in [-0.25, -0.2) is 4.79 Å². The quantitative estimate of drug-likeness (QED) is 0.571. The van der Waals surface area contributed by atoms with Crippen molar-refractivity contribution in [3.63, 3.8) is 0 Å². The first-order valence-electron chi connectivity index (χ1n) is 6.97. The van der Waals surface area contributed by atoms with Crippen molar-refractivity contribution in [2.24, 2.45) is 5.73 Å². The lowest BCUT2D eigenvalue weighted by Gasteiger charge is -2.10. The highest BCUT2D eigenvalue weighted by Crippen LogP contribution is 2.12. The van der Waals surface area contributed by atoms with Crippen LogP contribution in [0.3, 0.4) is 0 Å². The van der Waals surface area contributed by atoms with Crippen LogP contribution in [0.1, 0.15) is 54.4 Å². The lowest BCUT2D eigenvalue weighted by atomic mass is 10.4. The number of hydrogen-bond acceptors (Lipinski definition) is 6. The molecule has 0 aromatic carbocycles. The van der Waals surface area contributed by atoms with E-state index in [2.05, 4.69) is 41.6 Å². The molecule has 1 saturated heterocycles. The van der Waals surface area contributed by atoms with Crippen LogP contribution < -0.4 is 11.1 Å². The molecule has 0 spiro atoms. The Bertz CT molecular complexity index is 390. The third-order valence-corrected chi connectivity index (χ3v) is 2.09. The summed E-state index contributed by atoms with van der Waals surface area (Å²) in [5.74, 6) is -1.36. The van der Waals surface area contributed by atoms with Crippen molar-refractivity contribution in [3.8, 4) is 25.7 Å². The standard InChI is InChI=1S/C7H9NO4.C4H9NO.2C2H2.CH5N.2CH4/c1-2-7(11)12-8-5(9)3-4-6(8)10;1-3-4(6)5-2;3*1-2;;/h2-4H2,1H3;3H2,1-2H3,(H,5,6);2*1-2H;2H2,1H3;2*1H4. The van der Waals surface area contributed by atoms with Gasteiger partial charge >= 0.3 is 5.97 Å². The van der Waals surface area contributed by atoms with Gasteiger partial charge in [0, 0.05) is 32.7 Å². The molecule has 3 amide bonds. The molecule has 0 bridgehead atoms. The van der Waals surface area contributed by atoms with E-state index in [1.165, 1.54) is 7.05 Å². The number of terminal acetylenes is 2. The summed E-state index contributed by atoms with van der Waals surface area (Å²) >= 11 is 0. The fraction of sp³-hybridized carbons (Fsp3) is 0.556. The maximum Gasteiger partial charge on any atom is 0.332 e. The fourth-order valence-corrected chi connectivity index (χ4v) is 1.00. The Morgan fingerprint density at radius 3 is 1.54 bits per heavy atom. The van der Waals surface area contributed by atoms with E-state index in [1.807, 2.05) is 6.92 Å². The Balaban J connectivity index is -0.0000000616. The van der Waals surface area contributed by atoms with Crippen molar-refractivity contribution in [1.82, 2.24) is 10.4 Å². The Hall–Kier alpha value is -2.84. The minimum Gasteiger partial charge on any atom is -0.359 e. The average molecular weight is 373 g/mol. The first-order valence-corrected chi connectivity index (χ1v) is 6.97. The predicted molar refractivity (Wildman–Crippen MR) is 105 cm³/mol. The van der Waals surface area contributed by atoms with Gasteiger partial charge in [-0.05, 0) is 7.05 Å². The SMILES string of the molecule is C.C.C#C.C#C.CCC(=O)NC.CCC(=O)ON1C(=O)CCC1=O.CN. The van der Waals surface area contributed by atoms with E-state index < -0.39 is 17.8 Å². The van der Waals surface area contributed by atoms with Gasteiger partial charge in [-0.2, -0.15) is 0 Å². The first kappa shape index (κ1) is 38.6. The number of nitrogens with two attached hydrogens (primary N) is 1. The highest BCUT2D eigenvalue weighted by atomic mass is 16.7. The predicted octanol–water partition coefficient (Wildman–Crippen LogP) is 1.49. The van der Waals surface area contributed by atoms with E-state index in [0.717, 1.165) is 0 Å². The van der Waals surface area contributed by atoms with Crippen LogP contribution in [0, 0.1) is 25.7 Å². The maximum atomic E-state index is 10.9. The number of nitrogens with zero attached hydrogens (tertiary/aromatic N) is 1. The third kappa shape index (κ3) is 21.2. The van der Waals surface area contributed by atoms with E-state index in [4.69, 9.17) is 0 Å². The molecule has 1 fully saturated rings. The molecule has 8 heteroatoms. The minimum absolute atomic E-state index is 0. The number of hydrogen-bond donors (Lipinski definition) is 2. The maximum absolute atomic E-state index is 10.9. The molecular formula is C18H35N3O5. The van der Waals surface area contributed by atoms with Crippen LogP contribution in [0.15, 0.2) is 0 Å². The third-order valence-electron chi connectivity index (χ3n) is 2.09. The van der Waals surface area contributed by atoms with Crippen molar-refractivity contribution in [1.29, 1.82) is 0 Å².